The highest BCUT2D eigenvalue weighted by atomic mass is 35.5. The van der Waals surface area contributed by atoms with E-state index in [1.807, 2.05) is 32.0 Å². The molecule has 0 unspecified atom stereocenters. The van der Waals surface area contributed by atoms with E-state index < -0.39 is 22.5 Å². The van der Waals surface area contributed by atoms with E-state index in [0.29, 0.717) is 23.1 Å². The molecule has 0 saturated carbocycles. The normalized spacial score (nSPS) is 11.1. The van der Waals surface area contributed by atoms with Gasteiger partial charge in [0, 0.05) is 9.92 Å². The van der Waals surface area contributed by atoms with Crippen molar-refractivity contribution in [1.29, 1.82) is 0 Å². The summed E-state index contributed by atoms with van der Waals surface area (Å²) < 4.78 is 33.9. The van der Waals surface area contributed by atoms with Crippen LogP contribution in [0.5, 0.6) is 5.75 Å². The molecule has 174 valence electrons. The molecule has 0 aliphatic rings. The Hall–Kier alpha value is -2.68. The van der Waals surface area contributed by atoms with Crippen molar-refractivity contribution >= 4 is 50.7 Å². The first-order valence-corrected chi connectivity index (χ1v) is 13.2. The Morgan fingerprint density at radius 3 is 2.36 bits per heavy atom. The van der Waals surface area contributed by atoms with E-state index in [2.05, 4.69) is 5.32 Å². The van der Waals surface area contributed by atoms with E-state index >= 15 is 0 Å². The molecule has 3 rings (SSSR count). The van der Waals surface area contributed by atoms with Gasteiger partial charge in [-0.2, -0.15) is 0 Å². The first-order chi connectivity index (χ1) is 15.9. The minimum atomic E-state index is -4.09. The van der Waals surface area contributed by atoms with Crippen molar-refractivity contribution in [1.82, 2.24) is 0 Å². The highest BCUT2D eigenvalue weighted by Gasteiger charge is 2.29. The Morgan fingerprint density at radius 2 is 1.67 bits per heavy atom. The first-order valence-electron chi connectivity index (χ1n) is 10.4. The van der Waals surface area contributed by atoms with Gasteiger partial charge in [0.05, 0.1) is 22.9 Å². The maximum Gasteiger partial charge on any atom is 0.264 e. The van der Waals surface area contributed by atoms with Gasteiger partial charge >= 0.3 is 0 Å². The van der Waals surface area contributed by atoms with Crippen LogP contribution in [-0.4, -0.2) is 33.2 Å². The van der Waals surface area contributed by atoms with Gasteiger partial charge in [0.2, 0.25) is 5.91 Å². The molecule has 1 N–H and O–H groups in total. The minimum Gasteiger partial charge on any atom is -0.492 e. The van der Waals surface area contributed by atoms with Crippen LogP contribution in [0.1, 0.15) is 13.8 Å². The standard InChI is InChI=1S/C24H25ClN2O4S2/c1-3-31-22-11-7-6-10-21(22)27(33(29,30)19-15-13-18(25)14-16-19)17-24(28)26-20-9-5-8-12-23(20)32-4-2/h5-16H,3-4,17H2,1-2H3,(H,26,28). The van der Waals surface area contributed by atoms with Crippen molar-refractivity contribution in [2.45, 2.75) is 23.6 Å². The maximum absolute atomic E-state index is 13.6. The van der Waals surface area contributed by atoms with Crippen molar-refractivity contribution in [3.05, 3.63) is 77.8 Å². The number of halogens is 1. The van der Waals surface area contributed by atoms with Crippen LogP contribution in [0.3, 0.4) is 0 Å². The van der Waals surface area contributed by atoms with E-state index in [9.17, 15) is 13.2 Å². The number of nitrogens with one attached hydrogen (secondary N) is 1. The quantitative estimate of drug-likeness (QED) is 0.359. The summed E-state index contributed by atoms with van der Waals surface area (Å²) in [4.78, 5) is 14.0. The van der Waals surface area contributed by atoms with Crippen LogP contribution in [-0.2, 0) is 14.8 Å². The highest BCUT2D eigenvalue weighted by molar-refractivity contribution is 7.99. The zero-order valence-electron chi connectivity index (χ0n) is 18.3. The number of amides is 1. The summed E-state index contributed by atoms with van der Waals surface area (Å²) in [5, 5.41) is 3.27. The van der Waals surface area contributed by atoms with Crippen molar-refractivity contribution in [3.8, 4) is 5.75 Å². The fourth-order valence-corrected chi connectivity index (χ4v) is 5.46. The zero-order chi connectivity index (χ0) is 23.8. The number of benzene rings is 3. The second-order valence-corrected chi connectivity index (χ2v) is 10.4. The van der Waals surface area contributed by atoms with Gasteiger partial charge in [0.1, 0.15) is 12.3 Å². The van der Waals surface area contributed by atoms with Crippen molar-refractivity contribution in [3.63, 3.8) is 0 Å². The summed E-state index contributed by atoms with van der Waals surface area (Å²) in [5.41, 5.74) is 0.914. The molecule has 0 bridgehead atoms. The predicted octanol–water partition coefficient (Wildman–Crippen LogP) is 5.68. The Morgan fingerprint density at radius 1 is 1.00 bits per heavy atom. The molecule has 1 amide bonds. The molecule has 0 atom stereocenters. The zero-order valence-corrected chi connectivity index (χ0v) is 20.7. The Labute approximate surface area is 204 Å². The van der Waals surface area contributed by atoms with Crippen molar-refractivity contribution in [2.24, 2.45) is 0 Å². The lowest BCUT2D eigenvalue weighted by molar-refractivity contribution is -0.114. The fourth-order valence-electron chi connectivity index (χ4n) is 3.15. The van der Waals surface area contributed by atoms with Crippen LogP contribution in [0.4, 0.5) is 11.4 Å². The van der Waals surface area contributed by atoms with E-state index in [-0.39, 0.29) is 10.6 Å². The molecule has 0 aliphatic carbocycles. The topological polar surface area (TPSA) is 75.7 Å². The third kappa shape index (κ3) is 6.22. The summed E-state index contributed by atoms with van der Waals surface area (Å²) in [6.07, 6.45) is 0. The van der Waals surface area contributed by atoms with Gasteiger partial charge in [-0.25, -0.2) is 8.42 Å². The van der Waals surface area contributed by atoms with E-state index in [4.69, 9.17) is 16.3 Å². The number of carbonyl (C=O) groups is 1. The molecule has 6 nitrogen and oxygen atoms in total. The number of ether oxygens (including phenoxy) is 1. The molecular weight excluding hydrogens is 480 g/mol. The third-order valence-corrected chi connectivity index (χ3v) is 7.57. The number of hydrogen-bond donors (Lipinski definition) is 1. The number of nitrogens with zero attached hydrogens (tertiary/aromatic N) is 1. The second-order valence-electron chi connectivity index (χ2n) is 6.84. The van der Waals surface area contributed by atoms with E-state index in [1.165, 1.54) is 24.3 Å². The predicted molar refractivity (Wildman–Crippen MR) is 135 cm³/mol. The molecule has 33 heavy (non-hydrogen) atoms. The number of sulfonamides is 1. The average molecular weight is 505 g/mol. The van der Waals surface area contributed by atoms with Gasteiger partial charge in [-0.3, -0.25) is 9.10 Å². The molecule has 3 aromatic rings. The number of thioether (sulfide) groups is 1. The van der Waals surface area contributed by atoms with Gasteiger partial charge < -0.3 is 10.1 Å². The summed E-state index contributed by atoms with van der Waals surface area (Å²) in [5.74, 6) is 0.737. The molecule has 0 fully saturated rings. The van der Waals surface area contributed by atoms with Crippen LogP contribution in [0, 0.1) is 0 Å². The number of hydrogen-bond acceptors (Lipinski definition) is 5. The molecule has 0 aliphatic heterocycles. The maximum atomic E-state index is 13.6. The smallest absolute Gasteiger partial charge is 0.264 e. The number of carbonyl (C=O) groups excluding carboxylic acids is 1. The summed E-state index contributed by atoms with van der Waals surface area (Å²) >= 11 is 7.54. The molecule has 0 aromatic heterocycles. The average Bonchev–Trinajstić information content (AvgIpc) is 2.80. The monoisotopic (exact) mass is 504 g/mol. The highest BCUT2D eigenvalue weighted by Crippen LogP contribution is 2.33. The van der Waals surface area contributed by atoms with Crippen LogP contribution in [0.25, 0.3) is 0 Å². The molecule has 9 heteroatoms. The third-order valence-electron chi connectivity index (χ3n) is 4.58. The van der Waals surface area contributed by atoms with Gasteiger partial charge in [-0.05, 0) is 61.2 Å². The lowest BCUT2D eigenvalue weighted by Gasteiger charge is -2.26. The number of anilines is 2. The second kappa shape index (κ2) is 11.4. The van der Waals surface area contributed by atoms with Gasteiger partial charge in [0.15, 0.2) is 0 Å². The summed E-state index contributed by atoms with van der Waals surface area (Å²) in [6.45, 7) is 3.75. The molecule has 0 saturated heterocycles. The fraction of sp³-hybridized carbons (Fsp3) is 0.208. The van der Waals surface area contributed by atoms with E-state index in [1.54, 1.807) is 42.1 Å². The van der Waals surface area contributed by atoms with Crippen molar-refractivity contribution in [2.75, 3.05) is 28.5 Å². The molecule has 0 spiro atoms. The Kier molecular flexibility index (Phi) is 8.66. The lowest BCUT2D eigenvalue weighted by Crippen LogP contribution is -2.38. The van der Waals surface area contributed by atoms with Crippen LogP contribution in [0.2, 0.25) is 5.02 Å². The molecule has 0 radical (unpaired) electrons. The van der Waals surface area contributed by atoms with Gasteiger partial charge in [-0.1, -0.05) is 42.8 Å². The Bertz CT molecular complexity index is 1200. The lowest BCUT2D eigenvalue weighted by atomic mass is 10.3. The van der Waals surface area contributed by atoms with Crippen LogP contribution in [0.15, 0.2) is 82.6 Å². The number of rotatable bonds is 10. The first kappa shape index (κ1) is 25.0. The molecule has 0 heterocycles. The molecular formula is C24H25ClN2O4S2. The summed E-state index contributed by atoms with van der Waals surface area (Å²) in [6, 6.07) is 20.0. The minimum absolute atomic E-state index is 0.0212. The SMILES string of the molecule is CCOc1ccccc1N(CC(=O)Nc1ccccc1SCC)S(=O)(=O)c1ccc(Cl)cc1. The molecule has 3 aromatic carbocycles. The van der Waals surface area contributed by atoms with Gasteiger partial charge in [0.25, 0.3) is 10.0 Å². The Balaban J connectivity index is 1.99. The van der Waals surface area contributed by atoms with E-state index in [0.717, 1.165) is 15.0 Å². The van der Waals surface area contributed by atoms with Crippen molar-refractivity contribution < 1.29 is 17.9 Å². The largest absolute Gasteiger partial charge is 0.492 e. The van der Waals surface area contributed by atoms with Crippen LogP contribution >= 0.6 is 23.4 Å². The number of para-hydroxylation sites is 3. The van der Waals surface area contributed by atoms with Crippen LogP contribution < -0.4 is 14.4 Å². The summed E-state index contributed by atoms with van der Waals surface area (Å²) in [7, 11) is -4.09. The van der Waals surface area contributed by atoms with Gasteiger partial charge in [-0.15, -0.1) is 11.8 Å².